The standard InChI is InChI=1S/C11H13NO3/c1-7-5-10(12-8(2)13)4-3-9(7)6-11(14)15/h3-5H,6H2,1-2H3,(H,12,13)(H,14,15). The molecule has 0 aliphatic heterocycles. The van der Waals surface area contributed by atoms with E-state index >= 15 is 0 Å². The Morgan fingerprint density at radius 2 is 2.07 bits per heavy atom. The zero-order valence-electron chi connectivity index (χ0n) is 8.70. The van der Waals surface area contributed by atoms with Gasteiger partial charge >= 0.3 is 5.97 Å². The first kappa shape index (κ1) is 11.2. The van der Waals surface area contributed by atoms with Gasteiger partial charge in [-0.3, -0.25) is 9.59 Å². The second-order valence-corrected chi connectivity index (χ2v) is 3.39. The summed E-state index contributed by atoms with van der Waals surface area (Å²) in [5, 5.41) is 11.3. The van der Waals surface area contributed by atoms with Crippen molar-refractivity contribution in [2.75, 3.05) is 5.32 Å². The lowest BCUT2D eigenvalue weighted by atomic mass is 10.1. The van der Waals surface area contributed by atoms with Crippen LogP contribution in [0.2, 0.25) is 0 Å². The van der Waals surface area contributed by atoms with Crippen LogP contribution >= 0.6 is 0 Å². The molecule has 0 spiro atoms. The molecule has 0 aromatic heterocycles. The van der Waals surface area contributed by atoms with E-state index in [1.807, 2.05) is 6.92 Å². The van der Waals surface area contributed by atoms with Crippen molar-refractivity contribution in [3.63, 3.8) is 0 Å². The summed E-state index contributed by atoms with van der Waals surface area (Å²) >= 11 is 0. The Kier molecular flexibility index (Phi) is 3.44. The van der Waals surface area contributed by atoms with Crippen LogP contribution in [-0.2, 0) is 16.0 Å². The molecule has 1 rings (SSSR count). The topological polar surface area (TPSA) is 66.4 Å². The molecule has 0 radical (unpaired) electrons. The first-order valence-corrected chi connectivity index (χ1v) is 4.58. The highest BCUT2D eigenvalue weighted by atomic mass is 16.4. The number of rotatable bonds is 3. The summed E-state index contributed by atoms with van der Waals surface area (Å²) in [5.41, 5.74) is 2.31. The predicted molar refractivity (Wildman–Crippen MR) is 56.8 cm³/mol. The molecule has 4 heteroatoms. The Labute approximate surface area is 87.9 Å². The van der Waals surface area contributed by atoms with Crippen LogP contribution in [0.25, 0.3) is 0 Å². The van der Waals surface area contributed by atoms with Crippen molar-refractivity contribution < 1.29 is 14.7 Å². The van der Waals surface area contributed by atoms with E-state index in [4.69, 9.17) is 5.11 Å². The van der Waals surface area contributed by atoms with E-state index < -0.39 is 5.97 Å². The number of carbonyl (C=O) groups excluding carboxylic acids is 1. The van der Waals surface area contributed by atoms with Gasteiger partial charge in [0.1, 0.15) is 0 Å². The molecular weight excluding hydrogens is 194 g/mol. The van der Waals surface area contributed by atoms with Gasteiger partial charge in [-0.15, -0.1) is 0 Å². The molecule has 0 bridgehead atoms. The van der Waals surface area contributed by atoms with E-state index in [2.05, 4.69) is 5.32 Å². The number of nitrogens with one attached hydrogen (secondary N) is 1. The summed E-state index contributed by atoms with van der Waals surface area (Å²) in [4.78, 5) is 21.3. The maximum absolute atomic E-state index is 10.8. The average molecular weight is 207 g/mol. The van der Waals surface area contributed by atoms with E-state index in [9.17, 15) is 9.59 Å². The Morgan fingerprint density at radius 1 is 1.40 bits per heavy atom. The summed E-state index contributed by atoms with van der Waals surface area (Å²) in [6.07, 6.45) is 0.00614. The van der Waals surface area contributed by atoms with Crippen molar-refractivity contribution in [2.24, 2.45) is 0 Å². The van der Waals surface area contributed by atoms with Gasteiger partial charge in [-0.05, 0) is 30.2 Å². The number of aryl methyl sites for hydroxylation is 1. The maximum Gasteiger partial charge on any atom is 0.307 e. The predicted octanol–water partition coefficient (Wildman–Crippen LogP) is 1.58. The largest absolute Gasteiger partial charge is 0.481 e. The summed E-state index contributed by atoms with van der Waals surface area (Å²) < 4.78 is 0. The van der Waals surface area contributed by atoms with Crippen molar-refractivity contribution in [2.45, 2.75) is 20.3 Å². The summed E-state index contributed by atoms with van der Waals surface area (Å²) in [6.45, 7) is 3.25. The monoisotopic (exact) mass is 207 g/mol. The van der Waals surface area contributed by atoms with E-state index in [0.717, 1.165) is 11.1 Å². The van der Waals surface area contributed by atoms with E-state index in [1.165, 1.54) is 6.92 Å². The van der Waals surface area contributed by atoms with Gasteiger partial charge in [0.25, 0.3) is 0 Å². The van der Waals surface area contributed by atoms with Crippen molar-refractivity contribution in [1.29, 1.82) is 0 Å². The number of anilines is 1. The molecule has 80 valence electrons. The molecule has 0 atom stereocenters. The lowest BCUT2D eigenvalue weighted by Crippen LogP contribution is -2.07. The van der Waals surface area contributed by atoms with Crippen molar-refractivity contribution in [3.8, 4) is 0 Å². The molecular formula is C11H13NO3. The van der Waals surface area contributed by atoms with E-state index in [0.29, 0.717) is 5.69 Å². The number of carboxylic acid groups (broad SMARTS) is 1. The smallest absolute Gasteiger partial charge is 0.307 e. The zero-order valence-corrected chi connectivity index (χ0v) is 8.70. The number of carboxylic acids is 1. The van der Waals surface area contributed by atoms with Gasteiger partial charge in [-0.2, -0.15) is 0 Å². The number of hydrogen-bond donors (Lipinski definition) is 2. The normalized spacial score (nSPS) is 9.73. The molecule has 0 heterocycles. The zero-order chi connectivity index (χ0) is 11.4. The molecule has 0 fully saturated rings. The highest BCUT2D eigenvalue weighted by molar-refractivity contribution is 5.88. The molecule has 1 aromatic rings. The van der Waals surface area contributed by atoms with Gasteiger partial charge in [-0.25, -0.2) is 0 Å². The summed E-state index contributed by atoms with van der Waals surface area (Å²) in [7, 11) is 0. The third kappa shape index (κ3) is 3.42. The van der Waals surface area contributed by atoms with Crippen LogP contribution in [0.3, 0.4) is 0 Å². The van der Waals surface area contributed by atoms with Gasteiger partial charge in [0.05, 0.1) is 6.42 Å². The first-order chi connectivity index (χ1) is 6.99. The van der Waals surface area contributed by atoms with Crippen LogP contribution in [0.1, 0.15) is 18.1 Å². The van der Waals surface area contributed by atoms with Gasteiger partial charge in [0.15, 0.2) is 0 Å². The molecule has 0 aliphatic rings. The Morgan fingerprint density at radius 3 is 2.53 bits per heavy atom. The van der Waals surface area contributed by atoms with Crippen LogP contribution in [0.15, 0.2) is 18.2 Å². The van der Waals surface area contributed by atoms with Crippen LogP contribution < -0.4 is 5.32 Å². The Hall–Kier alpha value is -1.84. The second kappa shape index (κ2) is 4.59. The minimum Gasteiger partial charge on any atom is -0.481 e. The second-order valence-electron chi connectivity index (χ2n) is 3.39. The van der Waals surface area contributed by atoms with Crippen molar-refractivity contribution >= 4 is 17.6 Å². The fraction of sp³-hybridized carbons (Fsp3) is 0.273. The Bertz CT molecular complexity index is 399. The third-order valence-corrected chi connectivity index (χ3v) is 2.00. The molecule has 0 aliphatic carbocycles. The summed E-state index contributed by atoms with van der Waals surface area (Å²) in [5.74, 6) is -0.995. The molecule has 1 aromatic carbocycles. The van der Waals surface area contributed by atoms with Crippen LogP contribution in [0, 0.1) is 6.92 Å². The maximum atomic E-state index is 10.8. The lowest BCUT2D eigenvalue weighted by molar-refractivity contribution is -0.136. The third-order valence-electron chi connectivity index (χ3n) is 2.00. The fourth-order valence-electron chi connectivity index (χ4n) is 1.34. The number of amides is 1. The minimum atomic E-state index is -0.856. The number of benzene rings is 1. The van der Waals surface area contributed by atoms with Crippen molar-refractivity contribution in [1.82, 2.24) is 0 Å². The lowest BCUT2D eigenvalue weighted by Gasteiger charge is -2.06. The molecule has 0 unspecified atom stereocenters. The van der Waals surface area contributed by atoms with Crippen LogP contribution in [-0.4, -0.2) is 17.0 Å². The molecule has 1 amide bonds. The van der Waals surface area contributed by atoms with Crippen LogP contribution in [0.4, 0.5) is 5.69 Å². The molecule has 0 saturated heterocycles. The van der Waals surface area contributed by atoms with Crippen molar-refractivity contribution in [3.05, 3.63) is 29.3 Å². The Balaban J connectivity index is 2.87. The molecule has 15 heavy (non-hydrogen) atoms. The van der Waals surface area contributed by atoms with Crippen LogP contribution in [0.5, 0.6) is 0 Å². The van der Waals surface area contributed by atoms with E-state index in [1.54, 1.807) is 18.2 Å². The number of aliphatic carboxylic acids is 1. The highest BCUT2D eigenvalue weighted by Crippen LogP contribution is 2.15. The van der Waals surface area contributed by atoms with Gasteiger partial charge < -0.3 is 10.4 Å². The molecule has 2 N–H and O–H groups in total. The van der Waals surface area contributed by atoms with Gasteiger partial charge in [-0.1, -0.05) is 6.07 Å². The molecule has 0 saturated carbocycles. The summed E-state index contributed by atoms with van der Waals surface area (Å²) in [6, 6.07) is 5.18. The number of carbonyl (C=O) groups is 2. The van der Waals surface area contributed by atoms with E-state index in [-0.39, 0.29) is 12.3 Å². The highest BCUT2D eigenvalue weighted by Gasteiger charge is 2.05. The van der Waals surface area contributed by atoms with Gasteiger partial charge in [0, 0.05) is 12.6 Å². The minimum absolute atomic E-state index is 0.00614. The first-order valence-electron chi connectivity index (χ1n) is 4.58. The quantitative estimate of drug-likeness (QED) is 0.790. The average Bonchev–Trinajstić information content (AvgIpc) is 2.08. The SMILES string of the molecule is CC(=O)Nc1ccc(CC(=O)O)c(C)c1. The van der Waals surface area contributed by atoms with Gasteiger partial charge in [0.2, 0.25) is 5.91 Å². The number of hydrogen-bond acceptors (Lipinski definition) is 2. The molecule has 4 nitrogen and oxygen atoms in total. The fourth-order valence-corrected chi connectivity index (χ4v) is 1.34.